The van der Waals surface area contributed by atoms with Crippen LogP contribution in [0, 0.1) is 0 Å². The second kappa shape index (κ2) is 5.20. The Bertz CT molecular complexity index is 795. The van der Waals surface area contributed by atoms with Crippen molar-refractivity contribution in [1.82, 2.24) is 4.57 Å². The summed E-state index contributed by atoms with van der Waals surface area (Å²) in [6.07, 6.45) is -2.29. The van der Waals surface area contributed by atoms with E-state index < -0.39 is 11.7 Å². The Morgan fingerprint density at radius 3 is 2.14 bits per heavy atom. The average Bonchev–Trinajstić information content (AvgIpc) is 2.86. The quantitative estimate of drug-likeness (QED) is 0.555. The Kier molecular flexibility index (Phi) is 3.47. The van der Waals surface area contributed by atoms with Gasteiger partial charge in [0.25, 0.3) is 0 Å². The number of benzene rings is 2. The van der Waals surface area contributed by atoms with Gasteiger partial charge in [-0.25, -0.2) is 0 Å². The molecular formula is C18H16F3N. The van der Waals surface area contributed by atoms with Gasteiger partial charge in [-0.05, 0) is 37.6 Å². The van der Waals surface area contributed by atoms with E-state index in [1.54, 1.807) is 0 Å². The molecule has 1 nitrogen and oxygen atoms in total. The monoisotopic (exact) mass is 303 g/mol. The number of alkyl halides is 3. The lowest BCUT2D eigenvalue weighted by Crippen LogP contribution is -2.03. The van der Waals surface area contributed by atoms with E-state index in [1.165, 1.54) is 12.1 Å². The summed E-state index contributed by atoms with van der Waals surface area (Å²) < 4.78 is 40.2. The maximum atomic E-state index is 12.7. The minimum Gasteiger partial charge on any atom is -0.344 e. The predicted octanol–water partition coefficient (Wildman–Crippen LogP) is 5.91. The van der Waals surface area contributed by atoms with Crippen LogP contribution in [-0.2, 0) is 6.18 Å². The number of fused-ring (bicyclic) bond motifs is 1. The zero-order valence-electron chi connectivity index (χ0n) is 12.4. The summed E-state index contributed by atoms with van der Waals surface area (Å²) in [4.78, 5) is 0. The maximum Gasteiger partial charge on any atom is 0.416 e. The number of hydrogen-bond donors (Lipinski definition) is 0. The molecule has 3 rings (SSSR count). The molecular weight excluding hydrogens is 287 g/mol. The van der Waals surface area contributed by atoms with Crippen LogP contribution in [0.1, 0.15) is 25.5 Å². The second-order valence-corrected chi connectivity index (χ2v) is 5.64. The van der Waals surface area contributed by atoms with Gasteiger partial charge in [-0.15, -0.1) is 0 Å². The van der Waals surface area contributed by atoms with Crippen molar-refractivity contribution >= 4 is 10.9 Å². The third-order valence-corrected chi connectivity index (χ3v) is 3.82. The van der Waals surface area contributed by atoms with Gasteiger partial charge in [0, 0.05) is 28.7 Å². The first-order valence-electron chi connectivity index (χ1n) is 7.15. The minimum atomic E-state index is -4.30. The molecule has 0 spiro atoms. The van der Waals surface area contributed by atoms with Gasteiger partial charge in [0.05, 0.1) is 5.56 Å². The molecule has 0 N–H and O–H groups in total. The number of para-hydroxylation sites is 1. The second-order valence-electron chi connectivity index (χ2n) is 5.64. The van der Waals surface area contributed by atoms with Gasteiger partial charge in [0.1, 0.15) is 0 Å². The Labute approximate surface area is 127 Å². The zero-order chi connectivity index (χ0) is 15.9. The normalized spacial score (nSPS) is 12.3. The summed E-state index contributed by atoms with van der Waals surface area (Å²) in [6, 6.07) is 13.6. The topological polar surface area (TPSA) is 4.93 Å². The van der Waals surface area contributed by atoms with E-state index in [1.807, 2.05) is 30.5 Å². The fourth-order valence-electron chi connectivity index (χ4n) is 2.70. The van der Waals surface area contributed by atoms with Crippen LogP contribution in [0.4, 0.5) is 13.2 Å². The lowest BCUT2D eigenvalue weighted by atomic mass is 10.0. The van der Waals surface area contributed by atoms with E-state index in [-0.39, 0.29) is 6.04 Å². The molecule has 0 aliphatic rings. The minimum absolute atomic E-state index is 0.285. The molecule has 0 aliphatic carbocycles. The van der Waals surface area contributed by atoms with E-state index in [4.69, 9.17) is 0 Å². The fraction of sp³-hybridized carbons (Fsp3) is 0.222. The van der Waals surface area contributed by atoms with Gasteiger partial charge in [0.15, 0.2) is 0 Å². The molecule has 22 heavy (non-hydrogen) atoms. The van der Waals surface area contributed by atoms with Crippen molar-refractivity contribution < 1.29 is 13.2 Å². The molecule has 114 valence electrons. The Morgan fingerprint density at radius 2 is 1.55 bits per heavy atom. The Hall–Kier alpha value is -2.23. The molecule has 0 unspecified atom stereocenters. The third-order valence-electron chi connectivity index (χ3n) is 3.82. The van der Waals surface area contributed by atoms with E-state index >= 15 is 0 Å². The van der Waals surface area contributed by atoms with Crippen LogP contribution in [0.5, 0.6) is 0 Å². The van der Waals surface area contributed by atoms with Gasteiger partial charge in [-0.1, -0.05) is 30.3 Å². The first-order chi connectivity index (χ1) is 10.4. The van der Waals surface area contributed by atoms with E-state index in [0.29, 0.717) is 0 Å². The molecule has 0 amide bonds. The van der Waals surface area contributed by atoms with Gasteiger partial charge in [-0.2, -0.15) is 13.2 Å². The highest BCUT2D eigenvalue weighted by Crippen LogP contribution is 2.35. The number of halogens is 3. The lowest BCUT2D eigenvalue weighted by molar-refractivity contribution is -0.137. The van der Waals surface area contributed by atoms with Gasteiger partial charge >= 0.3 is 6.18 Å². The van der Waals surface area contributed by atoms with E-state index in [0.717, 1.165) is 34.2 Å². The highest BCUT2D eigenvalue weighted by molar-refractivity contribution is 5.96. The summed E-state index contributed by atoms with van der Waals surface area (Å²) in [5.74, 6) is 0. The summed E-state index contributed by atoms with van der Waals surface area (Å²) in [5, 5.41) is 1.05. The molecule has 0 atom stereocenters. The van der Waals surface area contributed by atoms with Crippen molar-refractivity contribution in [1.29, 1.82) is 0 Å². The number of nitrogens with zero attached hydrogens (tertiary/aromatic N) is 1. The highest BCUT2D eigenvalue weighted by atomic mass is 19.4. The van der Waals surface area contributed by atoms with Crippen molar-refractivity contribution in [2.75, 3.05) is 0 Å². The summed E-state index contributed by atoms with van der Waals surface area (Å²) in [5.41, 5.74) is 2.22. The summed E-state index contributed by atoms with van der Waals surface area (Å²) in [7, 11) is 0. The number of rotatable bonds is 2. The van der Waals surface area contributed by atoms with Crippen molar-refractivity contribution in [2.45, 2.75) is 26.1 Å². The number of hydrogen-bond acceptors (Lipinski definition) is 0. The van der Waals surface area contributed by atoms with Crippen LogP contribution in [-0.4, -0.2) is 4.57 Å². The van der Waals surface area contributed by atoms with Crippen LogP contribution in [0.3, 0.4) is 0 Å². The Morgan fingerprint density at radius 1 is 0.909 bits per heavy atom. The maximum absolute atomic E-state index is 12.7. The standard InChI is InChI=1S/C18H16F3N/c1-12(2)22-11-16(15-5-3-4-6-17(15)22)13-7-9-14(10-8-13)18(19,20)21/h3-12H,1-2H3. The SMILES string of the molecule is CC(C)n1cc(-c2ccc(C(F)(F)F)cc2)c2ccccc21. The summed E-state index contributed by atoms with van der Waals surface area (Å²) >= 11 is 0. The molecule has 0 saturated heterocycles. The molecule has 0 bridgehead atoms. The molecule has 3 aromatic rings. The fourth-order valence-corrected chi connectivity index (χ4v) is 2.70. The molecule has 0 fully saturated rings. The van der Waals surface area contributed by atoms with Gasteiger partial charge < -0.3 is 4.57 Å². The highest BCUT2D eigenvalue weighted by Gasteiger charge is 2.30. The molecule has 0 saturated carbocycles. The molecule has 1 aromatic heterocycles. The van der Waals surface area contributed by atoms with Gasteiger partial charge in [0.2, 0.25) is 0 Å². The first kappa shape index (κ1) is 14.7. The predicted molar refractivity (Wildman–Crippen MR) is 82.8 cm³/mol. The van der Waals surface area contributed by atoms with Crippen molar-refractivity contribution in [3.05, 3.63) is 60.3 Å². The zero-order valence-corrected chi connectivity index (χ0v) is 12.4. The van der Waals surface area contributed by atoms with Crippen molar-refractivity contribution in [3.8, 4) is 11.1 Å². The molecule has 0 radical (unpaired) electrons. The van der Waals surface area contributed by atoms with E-state index in [9.17, 15) is 13.2 Å². The largest absolute Gasteiger partial charge is 0.416 e. The first-order valence-corrected chi connectivity index (χ1v) is 7.15. The van der Waals surface area contributed by atoms with Crippen LogP contribution in [0.25, 0.3) is 22.0 Å². The third kappa shape index (κ3) is 2.49. The Balaban J connectivity index is 2.14. The molecule has 2 aromatic carbocycles. The molecule has 1 heterocycles. The van der Waals surface area contributed by atoms with E-state index in [2.05, 4.69) is 18.4 Å². The lowest BCUT2D eigenvalue weighted by Gasteiger charge is -2.08. The number of aromatic nitrogens is 1. The average molecular weight is 303 g/mol. The molecule has 0 aliphatic heterocycles. The van der Waals surface area contributed by atoms with Crippen LogP contribution < -0.4 is 0 Å². The van der Waals surface area contributed by atoms with Crippen LogP contribution >= 0.6 is 0 Å². The summed E-state index contributed by atoms with van der Waals surface area (Å²) in [6.45, 7) is 4.17. The van der Waals surface area contributed by atoms with Crippen LogP contribution in [0.2, 0.25) is 0 Å². The van der Waals surface area contributed by atoms with Crippen LogP contribution in [0.15, 0.2) is 54.7 Å². The van der Waals surface area contributed by atoms with Crippen molar-refractivity contribution in [2.24, 2.45) is 0 Å². The smallest absolute Gasteiger partial charge is 0.344 e. The van der Waals surface area contributed by atoms with Gasteiger partial charge in [-0.3, -0.25) is 0 Å². The molecule has 4 heteroatoms. The van der Waals surface area contributed by atoms with Crippen molar-refractivity contribution in [3.63, 3.8) is 0 Å².